The molecule has 10 heteroatoms. The minimum atomic E-state index is -0.551. The molecule has 8 nitrogen and oxygen atoms in total. The van der Waals surface area contributed by atoms with Crippen LogP contribution in [0.5, 0.6) is 5.75 Å². The molecule has 0 unspecified atom stereocenters. The van der Waals surface area contributed by atoms with Gasteiger partial charge in [-0.2, -0.15) is 0 Å². The van der Waals surface area contributed by atoms with Crippen LogP contribution < -0.4 is 10.9 Å². The SMILES string of the molecule is COC(=O)C1CCN(CCCNC(=O)c2c(O)c3ccsc3n(C(C)C)c2=O)CC1.Cl. The summed E-state index contributed by atoms with van der Waals surface area (Å²) in [5, 5.41) is 15.6. The van der Waals surface area contributed by atoms with Crippen molar-refractivity contribution in [3.05, 3.63) is 27.4 Å². The summed E-state index contributed by atoms with van der Waals surface area (Å²) in [5.41, 5.74) is -0.673. The Kier molecular flexibility index (Phi) is 8.90. The normalized spacial score (nSPS) is 15.1. The first-order valence-corrected chi connectivity index (χ1v) is 11.2. The van der Waals surface area contributed by atoms with Crippen molar-refractivity contribution in [2.45, 2.75) is 39.2 Å². The van der Waals surface area contributed by atoms with Crippen LogP contribution in [-0.2, 0) is 9.53 Å². The maximum atomic E-state index is 12.9. The Hall–Kier alpha value is -2.10. The van der Waals surface area contributed by atoms with Crippen molar-refractivity contribution >= 4 is 45.8 Å². The van der Waals surface area contributed by atoms with Crippen molar-refractivity contribution in [2.24, 2.45) is 5.92 Å². The maximum Gasteiger partial charge on any atom is 0.308 e. The number of halogens is 1. The zero-order valence-electron chi connectivity index (χ0n) is 18.1. The van der Waals surface area contributed by atoms with E-state index in [1.54, 1.807) is 16.0 Å². The van der Waals surface area contributed by atoms with Gasteiger partial charge >= 0.3 is 5.97 Å². The molecular formula is C21H30ClN3O5S. The number of carbonyl (C=O) groups is 2. The second-order valence-corrected chi connectivity index (χ2v) is 8.78. The minimum Gasteiger partial charge on any atom is -0.506 e. The van der Waals surface area contributed by atoms with Gasteiger partial charge in [0.25, 0.3) is 11.5 Å². The molecule has 1 saturated heterocycles. The highest BCUT2D eigenvalue weighted by atomic mass is 35.5. The van der Waals surface area contributed by atoms with Crippen molar-refractivity contribution in [1.29, 1.82) is 0 Å². The number of nitrogens with zero attached hydrogens (tertiary/aromatic N) is 2. The van der Waals surface area contributed by atoms with Crippen molar-refractivity contribution < 1.29 is 19.4 Å². The standard InChI is InChI=1S/C21H29N3O5S.ClH/c1-13(2)24-19(27)16(17(25)15-7-12-30-20(15)24)18(26)22-8-4-9-23-10-5-14(6-11-23)21(28)29-3;/h7,12-14,25H,4-6,8-11H2,1-3H3,(H,22,26);1H. The molecule has 0 aromatic carbocycles. The molecule has 2 N–H and O–H groups in total. The van der Waals surface area contributed by atoms with E-state index < -0.39 is 11.5 Å². The third-order valence-electron chi connectivity index (χ3n) is 5.59. The number of rotatable bonds is 7. The van der Waals surface area contributed by atoms with E-state index in [9.17, 15) is 19.5 Å². The molecule has 1 amide bonds. The largest absolute Gasteiger partial charge is 0.506 e. The van der Waals surface area contributed by atoms with Gasteiger partial charge in [0.2, 0.25) is 0 Å². The summed E-state index contributed by atoms with van der Waals surface area (Å²) in [6.45, 7) is 6.59. The van der Waals surface area contributed by atoms with E-state index in [1.165, 1.54) is 18.4 Å². The molecule has 172 valence electrons. The van der Waals surface area contributed by atoms with Gasteiger partial charge < -0.3 is 20.1 Å². The fraction of sp³-hybridized carbons (Fsp3) is 0.571. The van der Waals surface area contributed by atoms with Crippen LogP contribution in [0.15, 0.2) is 16.2 Å². The van der Waals surface area contributed by atoms with E-state index in [4.69, 9.17) is 4.74 Å². The first-order valence-electron chi connectivity index (χ1n) is 10.3. The second-order valence-electron chi connectivity index (χ2n) is 7.88. The number of esters is 1. The number of aromatic nitrogens is 1. The first kappa shape index (κ1) is 25.2. The highest BCUT2D eigenvalue weighted by Crippen LogP contribution is 2.31. The number of hydrogen-bond donors (Lipinski definition) is 2. The van der Waals surface area contributed by atoms with Gasteiger partial charge in [-0.05, 0) is 64.2 Å². The molecule has 31 heavy (non-hydrogen) atoms. The number of likely N-dealkylation sites (tertiary alicyclic amines) is 1. The van der Waals surface area contributed by atoms with Gasteiger partial charge in [-0.15, -0.1) is 23.7 Å². The average Bonchev–Trinajstić information content (AvgIpc) is 3.20. The van der Waals surface area contributed by atoms with Crippen LogP contribution in [0, 0.1) is 5.92 Å². The summed E-state index contributed by atoms with van der Waals surface area (Å²) in [4.78, 5) is 40.1. The van der Waals surface area contributed by atoms with Crippen molar-refractivity contribution in [3.8, 4) is 5.75 Å². The first-order chi connectivity index (χ1) is 14.3. The number of thiophene rings is 1. The Morgan fingerprint density at radius 2 is 2.00 bits per heavy atom. The smallest absolute Gasteiger partial charge is 0.308 e. The number of fused-ring (bicyclic) bond motifs is 1. The fourth-order valence-corrected chi connectivity index (χ4v) is 4.97. The molecule has 1 aliphatic rings. The third-order valence-corrected chi connectivity index (χ3v) is 6.50. The predicted octanol–water partition coefficient (Wildman–Crippen LogP) is 2.78. The van der Waals surface area contributed by atoms with Crippen LogP contribution in [-0.4, -0.2) is 59.7 Å². The van der Waals surface area contributed by atoms with Crippen LogP contribution in [0.1, 0.15) is 49.5 Å². The third kappa shape index (κ3) is 5.39. The quantitative estimate of drug-likeness (QED) is 0.475. The Morgan fingerprint density at radius 3 is 2.61 bits per heavy atom. The fourth-order valence-electron chi connectivity index (χ4n) is 3.94. The van der Waals surface area contributed by atoms with Gasteiger partial charge in [0.1, 0.15) is 16.1 Å². The summed E-state index contributed by atoms with van der Waals surface area (Å²) in [6, 6.07) is 1.60. The summed E-state index contributed by atoms with van der Waals surface area (Å²) in [7, 11) is 1.42. The number of carbonyl (C=O) groups excluding carboxylic acids is 2. The van der Waals surface area contributed by atoms with Crippen LogP contribution in [0.25, 0.3) is 10.2 Å². The summed E-state index contributed by atoms with van der Waals surface area (Å²) < 4.78 is 6.36. The average molecular weight is 472 g/mol. The maximum absolute atomic E-state index is 12.9. The molecule has 0 aliphatic carbocycles. The minimum absolute atomic E-state index is 0. The number of piperidine rings is 1. The number of nitrogens with one attached hydrogen (secondary N) is 1. The van der Waals surface area contributed by atoms with E-state index in [1.807, 2.05) is 13.8 Å². The Bertz CT molecular complexity index is 979. The lowest BCUT2D eigenvalue weighted by Gasteiger charge is -2.30. The van der Waals surface area contributed by atoms with Crippen LogP contribution in [0.4, 0.5) is 0 Å². The Morgan fingerprint density at radius 1 is 1.32 bits per heavy atom. The Labute approximate surface area is 191 Å². The zero-order valence-corrected chi connectivity index (χ0v) is 19.7. The Balaban J connectivity index is 0.00000341. The van der Waals surface area contributed by atoms with Gasteiger partial charge in [-0.25, -0.2) is 0 Å². The molecule has 0 spiro atoms. The van der Waals surface area contributed by atoms with Crippen molar-refractivity contribution in [3.63, 3.8) is 0 Å². The molecule has 0 bridgehead atoms. The van der Waals surface area contributed by atoms with Crippen LogP contribution in [0.2, 0.25) is 0 Å². The van der Waals surface area contributed by atoms with Gasteiger partial charge in [0.15, 0.2) is 0 Å². The van der Waals surface area contributed by atoms with E-state index >= 15 is 0 Å². The molecule has 3 heterocycles. The summed E-state index contributed by atoms with van der Waals surface area (Å²) in [6.07, 6.45) is 2.28. The monoisotopic (exact) mass is 471 g/mol. The van der Waals surface area contributed by atoms with Crippen molar-refractivity contribution in [1.82, 2.24) is 14.8 Å². The number of aromatic hydroxyl groups is 1. The van der Waals surface area contributed by atoms with Gasteiger partial charge in [-0.3, -0.25) is 19.0 Å². The number of pyridine rings is 1. The van der Waals surface area contributed by atoms with Crippen LogP contribution in [0.3, 0.4) is 0 Å². The van der Waals surface area contributed by atoms with E-state index in [0.29, 0.717) is 23.2 Å². The van der Waals surface area contributed by atoms with Gasteiger partial charge in [-0.1, -0.05) is 0 Å². The van der Waals surface area contributed by atoms with Gasteiger partial charge in [0, 0.05) is 12.6 Å². The lowest BCUT2D eigenvalue weighted by Crippen LogP contribution is -2.39. The molecule has 0 atom stereocenters. The summed E-state index contributed by atoms with van der Waals surface area (Å²) >= 11 is 1.37. The number of ether oxygens (including phenoxy) is 1. The number of methoxy groups -OCH3 is 1. The second kappa shape index (κ2) is 11.0. The summed E-state index contributed by atoms with van der Waals surface area (Å²) in [5.74, 6) is -0.972. The lowest BCUT2D eigenvalue weighted by molar-refractivity contribution is -0.147. The van der Waals surface area contributed by atoms with Crippen LogP contribution >= 0.6 is 23.7 Å². The molecule has 2 aromatic heterocycles. The predicted molar refractivity (Wildman–Crippen MR) is 124 cm³/mol. The molecule has 2 aromatic rings. The molecule has 3 rings (SSSR count). The highest BCUT2D eigenvalue weighted by molar-refractivity contribution is 7.16. The van der Waals surface area contributed by atoms with E-state index in [-0.39, 0.29) is 41.6 Å². The van der Waals surface area contributed by atoms with Crippen molar-refractivity contribution in [2.75, 3.05) is 33.3 Å². The molecule has 1 fully saturated rings. The lowest BCUT2D eigenvalue weighted by atomic mass is 9.97. The van der Waals surface area contributed by atoms with Gasteiger partial charge in [0.05, 0.1) is 18.4 Å². The highest BCUT2D eigenvalue weighted by Gasteiger charge is 2.26. The molecule has 0 radical (unpaired) electrons. The molecule has 1 aliphatic heterocycles. The number of amides is 1. The van der Waals surface area contributed by atoms with E-state index in [0.717, 1.165) is 32.5 Å². The molecular weight excluding hydrogens is 442 g/mol. The number of hydrogen-bond acceptors (Lipinski definition) is 7. The van der Waals surface area contributed by atoms with E-state index in [2.05, 4.69) is 10.2 Å². The molecule has 0 saturated carbocycles. The topological polar surface area (TPSA) is 101 Å². The zero-order chi connectivity index (χ0) is 21.8.